The number of carbonyl (C=O) groups excluding carboxylic acids is 1. The number of anilines is 1. The number of halogens is 1. The quantitative estimate of drug-likeness (QED) is 0.811. The monoisotopic (exact) mass is 295 g/mol. The van der Waals surface area contributed by atoms with Crippen LogP contribution in [0.4, 0.5) is 10.1 Å². The Morgan fingerprint density at radius 1 is 1.24 bits per heavy atom. The van der Waals surface area contributed by atoms with Crippen molar-refractivity contribution in [3.05, 3.63) is 29.6 Å². The van der Waals surface area contributed by atoms with Crippen LogP contribution in [0.25, 0.3) is 0 Å². The molecule has 0 saturated heterocycles. The van der Waals surface area contributed by atoms with Gasteiger partial charge in [-0.05, 0) is 25.5 Å². The van der Waals surface area contributed by atoms with Crippen molar-refractivity contribution < 1.29 is 9.18 Å². The fourth-order valence-corrected chi connectivity index (χ4v) is 2.11. The van der Waals surface area contributed by atoms with Crippen LogP contribution < -0.4 is 15.5 Å². The summed E-state index contributed by atoms with van der Waals surface area (Å²) in [6.45, 7) is 8.59. The second-order valence-corrected chi connectivity index (χ2v) is 5.86. The minimum Gasteiger partial charge on any atom is -0.363 e. The lowest BCUT2D eigenvalue weighted by atomic mass is 10.1. The third-order valence-corrected chi connectivity index (χ3v) is 2.98. The third-order valence-electron chi connectivity index (χ3n) is 2.98. The summed E-state index contributed by atoms with van der Waals surface area (Å²) in [5.41, 5.74) is 1.33. The maximum absolute atomic E-state index is 14.1. The molecule has 0 spiro atoms. The van der Waals surface area contributed by atoms with Crippen molar-refractivity contribution in [3.8, 4) is 0 Å². The van der Waals surface area contributed by atoms with E-state index >= 15 is 0 Å². The lowest BCUT2D eigenvalue weighted by Crippen LogP contribution is -2.39. The van der Waals surface area contributed by atoms with Gasteiger partial charge in [-0.15, -0.1) is 0 Å². The number of rotatable bonds is 7. The van der Waals surface area contributed by atoms with Gasteiger partial charge >= 0.3 is 0 Å². The molecule has 1 aromatic carbocycles. The van der Waals surface area contributed by atoms with E-state index in [0.29, 0.717) is 18.3 Å². The standard InChI is InChI=1S/C16H26FN3O/c1-11(2)18-9-13-7-6-8-14(17)16(13)20(5)10-15(21)19-12(3)4/h6-8,11-12,18H,9-10H2,1-5H3,(H,19,21). The maximum atomic E-state index is 14.1. The Balaban J connectivity index is 2.86. The first-order chi connectivity index (χ1) is 9.81. The van der Waals surface area contributed by atoms with Crippen LogP contribution >= 0.6 is 0 Å². The highest BCUT2D eigenvalue weighted by atomic mass is 19.1. The first-order valence-electron chi connectivity index (χ1n) is 7.32. The van der Waals surface area contributed by atoms with Gasteiger partial charge in [0.05, 0.1) is 12.2 Å². The van der Waals surface area contributed by atoms with E-state index in [9.17, 15) is 9.18 Å². The van der Waals surface area contributed by atoms with Crippen LogP contribution in [-0.4, -0.2) is 31.6 Å². The molecule has 0 aromatic heterocycles. The Hall–Kier alpha value is -1.62. The number of carbonyl (C=O) groups is 1. The van der Waals surface area contributed by atoms with E-state index in [1.807, 2.05) is 33.8 Å². The zero-order chi connectivity index (χ0) is 16.0. The zero-order valence-electron chi connectivity index (χ0n) is 13.5. The van der Waals surface area contributed by atoms with Crippen molar-refractivity contribution >= 4 is 11.6 Å². The molecular formula is C16H26FN3O. The van der Waals surface area contributed by atoms with Crippen LogP contribution in [0.3, 0.4) is 0 Å². The molecule has 0 fully saturated rings. The third kappa shape index (κ3) is 5.71. The number of para-hydroxylation sites is 1. The summed E-state index contributed by atoms with van der Waals surface area (Å²) in [5.74, 6) is -0.420. The Labute approximate surface area is 126 Å². The molecule has 1 rings (SSSR count). The summed E-state index contributed by atoms with van der Waals surface area (Å²) in [7, 11) is 1.73. The summed E-state index contributed by atoms with van der Waals surface area (Å²) in [5, 5.41) is 6.09. The molecule has 1 aromatic rings. The van der Waals surface area contributed by atoms with E-state index in [4.69, 9.17) is 0 Å². The molecule has 0 atom stereocenters. The predicted octanol–water partition coefficient (Wildman–Crippen LogP) is 2.28. The average molecular weight is 295 g/mol. The van der Waals surface area contributed by atoms with Crippen molar-refractivity contribution in [2.75, 3.05) is 18.5 Å². The topological polar surface area (TPSA) is 44.4 Å². The number of amides is 1. The number of benzene rings is 1. The molecule has 4 nitrogen and oxygen atoms in total. The minimum atomic E-state index is -0.307. The van der Waals surface area contributed by atoms with E-state index in [2.05, 4.69) is 10.6 Å². The van der Waals surface area contributed by atoms with Gasteiger partial charge < -0.3 is 15.5 Å². The second-order valence-electron chi connectivity index (χ2n) is 5.86. The van der Waals surface area contributed by atoms with Gasteiger partial charge in [0.25, 0.3) is 0 Å². The summed E-state index contributed by atoms with van der Waals surface area (Å²) >= 11 is 0. The first kappa shape index (κ1) is 17.4. The van der Waals surface area contributed by atoms with Gasteiger partial charge in [-0.2, -0.15) is 0 Å². The molecule has 0 aliphatic rings. The number of nitrogens with one attached hydrogen (secondary N) is 2. The molecule has 118 valence electrons. The lowest BCUT2D eigenvalue weighted by Gasteiger charge is -2.23. The molecule has 2 N–H and O–H groups in total. The van der Waals surface area contributed by atoms with Gasteiger partial charge in [-0.1, -0.05) is 26.0 Å². The van der Waals surface area contributed by atoms with Crippen molar-refractivity contribution in [1.29, 1.82) is 0 Å². The fraction of sp³-hybridized carbons (Fsp3) is 0.562. The van der Waals surface area contributed by atoms with Crippen LogP contribution in [-0.2, 0) is 11.3 Å². The van der Waals surface area contributed by atoms with Gasteiger partial charge in [0.1, 0.15) is 5.82 Å². The van der Waals surface area contributed by atoms with Crippen molar-refractivity contribution in [2.45, 2.75) is 46.3 Å². The van der Waals surface area contributed by atoms with Crippen LogP contribution in [0.1, 0.15) is 33.3 Å². The molecule has 1 amide bonds. The molecule has 21 heavy (non-hydrogen) atoms. The van der Waals surface area contributed by atoms with Crippen molar-refractivity contribution in [3.63, 3.8) is 0 Å². The van der Waals surface area contributed by atoms with Crippen molar-refractivity contribution in [1.82, 2.24) is 10.6 Å². The smallest absolute Gasteiger partial charge is 0.239 e. The highest BCUT2D eigenvalue weighted by Crippen LogP contribution is 2.23. The molecule has 0 aliphatic carbocycles. The lowest BCUT2D eigenvalue weighted by molar-refractivity contribution is -0.120. The van der Waals surface area contributed by atoms with Gasteiger partial charge in [-0.3, -0.25) is 4.79 Å². The molecule has 0 unspecified atom stereocenters. The summed E-state index contributed by atoms with van der Waals surface area (Å²) in [6, 6.07) is 5.39. The maximum Gasteiger partial charge on any atom is 0.239 e. The number of hydrogen-bond donors (Lipinski definition) is 2. The number of likely N-dealkylation sites (N-methyl/N-ethyl adjacent to an activating group) is 1. The summed E-state index contributed by atoms with van der Waals surface area (Å²) < 4.78 is 14.1. The molecule has 5 heteroatoms. The minimum absolute atomic E-state index is 0.0774. The fourth-order valence-electron chi connectivity index (χ4n) is 2.11. The highest BCUT2D eigenvalue weighted by Gasteiger charge is 2.16. The first-order valence-corrected chi connectivity index (χ1v) is 7.32. The number of nitrogens with zero attached hydrogens (tertiary/aromatic N) is 1. The normalized spacial score (nSPS) is 11.0. The molecule has 0 bridgehead atoms. The second kappa shape index (κ2) is 7.98. The van der Waals surface area contributed by atoms with Crippen LogP contribution in [0.15, 0.2) is 18.2 Å². The van der Waals surface area contributed by atoms with Gasteiger partial charge in [-0.25, -0.2) is 4.39 Å². The highest BCUT2D eigenvalue weighted by molar-refractivity contribution is 5.81. The summed E-state index contributed by atoms with van der Waals surface area (Å²) in [4.78, 5) is 13.5. The van der Waals surface area contributed by atoms with E-state index < -0.39 is 0 Å². The molecular weight excluding hydrogens is 269 g/mol. The Bertz CT molecular complexity index is 475. The Kier molecular flexibility index (Phi) is 6.62. The molecule has 0 saturated carbocycles. The van der Waals surface area contributed by atoms with Gasteiger partial charge in [0.2, 0.25) is 5.91 Å². The summed E-state index contributed by atoms with van der Waals surface area (Å²) in [6.07, 6.45) is 0. The van der Waals surface area contributed by atoms with Crippen molar-refractivity contribution in [2.24, 2.45) is 0 Å². The molecule has 0 aliphatic heterocycles. The van der Waals surface area contributed by atoms with E-state index in [-0.39, 0.29) is 24.3 Å². The number of hydrogen-bond acceptors (Lipinski definition) is 3. The van der Waals surface area contributed by atoms with Gasteiger partial charge in [0, 0.05) is 25.7 Å². The van der Waals surface area contributed by atoms with Crippen LogP contribution in [0.2, 0.25) is 0 Å². The van der Waals surface area contributed by atoms with Crippen LogP contribution in [0, 0.1) is 5.82 Å². The SMILES string of the molecule is CC(C)NCc1cccc(F)c1N(C)CC(=O)NC(C)C. The molecule has 0 radical (unpaired) electrons. The predicted molar refractivity (Wildman–Crippen MR) is 84.9 cm³/mol. The zero-order valence-corrected chi connectivity index (χ0v) is 13.5. The largest absolute Gasteiger partial charge is 0.363 e. The van der Waals surface area contributed by atoms with Crippen LogP contribution in [0.5, 0.6) is 0 Å². The Morgan fingerprint density at radius 2 is 1.90 bits per heavy atom. The van der Waals surface area contributed by atoms with E-state index in [1.54, 1.807) is 18.0 Å². The van der Waals surface area contributed by atoms with E-state index in [1.165, 1.54) is 6.07 Å². The van der Waals surface area contributed by atoms with Gasteiger partial charge in [0.15, 0.2) is 0 Å². The van der Waals surface area contributed by atoms with E-state index in [0.717, 1.165) is 5.56 Å². The molecule has 0 heterocycles. The average Bonchev–Trinajstić information content (AvgIpc) is 2.34. The Morgan fingerprint density at radius 3 is 2.48 bits per heavy atom.